The maximum atomic E-state index is 11.3. The van der Waals surface area contributed by atoms with Gasteiger partial charge in [0.1, 0.15) is 0 Å². The van der Waals surface area contributed by atoms with E-state index in [1.54, 1.807) is 26.0 Å². The van der Waals surface area contributed by atoms with Gasteiger partial charge in [0.15, 0.2) is 5.78 Å². The molecule has 0 radical (unpaired) electrons. The maximum Gasteiger partial charge on any atom is 0.335 e. The summed E-state index contributed by atoms with van der Waals surface area (Å²) in [6.45, 7) is 6.65. The number of carbonyl (C=O) groups excluding carboxylic acids is 2. The molecule has 0 saturated heterocycles. The van der Waals surface area contributed by atoms with Crippen LogP contribution in [0, 0.1) is 0 Å². The van der Waals surface area contributed by atoms with Crippen molar-refractivity contribution in [3.8, 4) is 0 Å². The summed E-state index contributed by atoms with van der Waals surface area (Å²) in [5.74, 6) is -0.616. The fourth-order valence-corrected chi connectivity index (χ4v) is 4.07. The lowest BCUT2D eigenvalue weighted by molar-refractivity contribution is -0.128. The molecule has 0 unspecified atom stereocenters. The predicted octanol–water partition coefficient (Wildman–Crippen LogP) is 3.33. The maximum absolute atomic E-state index is 11.3. The van der Waals surface area contributed by atoms with E-state index in [9.17, 15) is 14.4 Å². The van der Waals surface area contributed by atoms with Crippen LogP contribution in [0.4, 0.5) is 0 Å². The Kier molecular flexibility index (Phi) is 9.42. The van der Waals surface area contributed by atoms with E-state index in [0.29, 0.717) is 5.56 Å². The third-order valence-electron chi connectivity index (χ3n) is 5.96. The quantitative estimate of drug-likeness (QED) is 0.674. The Balaban J connectivity index is 0.000000224. The number of nitrogens with one attached hydrogen (secondary N) is 1. The van der Waals surface area contributed by atoms with E-state index in [1.165, 1.54) is 22.3 Å². The summed E-state index contributed by atoms with van der Waals surface area (Å²) in [5.41, 5.74) is 6.08. The second-order valence-electron chi connectivity index (χ2n) is 8.08. The van der Waals surface area contributed by atoms with Crippen LogP contribution >= 0.6 is 12.4 Å². The van der Waals surface area contributed by atoms with Crippen molar-refractivity contribution >= 4 is 30.1 Å². The van der Waals surface area contributed by atoms with Gasteiger partial charge in [-0.3, -0.25) is 9.59 Å². The highest BCUT2D eigenvalue weighted by Gasteiger charge is 2.16. The Morgan fingerprint density at radius 2 is 1.28 bits per heavy atom. The number of Topliss-reactive ketones (excluding diaryl/α,β-unsaturated/α-hetero) is 1. The number of halogens is 1. The number of carbonyl (C=O) groups is 3. The molecule has 0 atom stereocenters. The number of benzene rings is 2. The van der Waals surface area contributed by atoms with Crippen LogP contribution < -0.4 is 5.32 Å². The van der Waals surface area contributed by atoms with Gasteiger partial charge in [-0.1, -0.05) is 18.2 Å². The zero-order chi connectivity index (χ0) is 22.4. The number of hydrogen-bond donors (Lipinski definition) is 2. The minimum atomic E-state index is -0.843. The van der Waals surface area contributed by atoms with Crippen molar-refractivity contribution in [2.45, 2.75) is 39.5 Å². The Bertz CT molecular complexity index is 990. The summed E-state index contributed by atoms with van der Waals surface area (Å²) in [6, 6.07) is 11.3. The number of carboxylic acids is 1. The van der Waals surface area contributed by atoms with Crippen molar-refractivity contribution in [3.05, 3.63) is 69.8 Å². The van der Waals surface area contributed by atoms with Crippen LogP contribution in [0.15, 0.2) is 36.4 Å². The standard InChI is InChI=1S/C14H17NO2.C11H13NO2.ClH/c1-10(16)13-4-3-12-5-7-15(11(2)17)8-6-14(12)9-13;13-11(14)10-2-1-8-3-5-12-6-4-9(8)7-10;/h3-4,9H,5-8H2,1-2H3;1-2,7,12H,3-6H2,(H,13,14);1H. The third kappa shape index (κ3) is 6.65. The van der Waals surface area contributed by atoms with Gasteiger partial charge >= 0.3 is 5.97 Å². The van der Waals surface area contributed by atoms with Crippen molar-refractivity contribution in [2.24, 2.45) is 0 Å². The summed E-state index contributed by atoms with van der Waals surface area (Å²) in [6.07, 6.45) is 3.65. The highest BCUT2D eigenvalue weighted by atomic mass is 35.5. The van der Waals surface area contributed by atoms with Crippen LogP contribution in [0.5, 0.6) is 0 Å². The normalized spacial score (nSPS) is 14.9. The number of aromatic carboxylic acids is 1. The molecule has 2 aliphatic heterocycles. The fourth-order valence-electron chi connectivity index (χ4n) is 4.07. The average molecular weight is 459 g/mol. The number of carboxylic acid groups (broad SMARTS) is 1. The Hall–Kier alpha value is -2.70. The smallest absolute Gasteiger partial charge is 0.335 e. The lowest BCUT2D eigenvalue weighted by Crippen LogP contribution is -2.30. The van der Waals surface area contributed by atoms with Crippen LogP contribution in [0.2, 0.25) is 0 Å². The fraction of sp³-hybridized carbons (Fsp3) is 0.400. The molecule has 0 aliphatic carbocycles. The van der Waals surface area contributed by atoms with Crippen molar-refractivity contribution in [3.63, 3.8) is 0 Å². The summed E-state index contributed by atoms with van der Waals surface area (Å²) < 4.78 is 0. The van der Waals surface area contributed by atoms with Gasteiger partial charge < -0.3 is 15.3 Å². The number of amides is 1. The van der Waals surface area contributed by atoms with Crippen LogP contribution in [-0.4, -0.2) is 53.8 Å². The second-order valence-corrected chi connectivity index (χ2v) is 8.08. The number of ketones is 1. The molecular formula is C25H31ClN2O4. The van der Waals surface area contributed by atoms with E-state index in [0.717, 1.165) is 57.4 Å². The van der Waals surface area contributed by atoms with Crippen molar-refractivity contribution in [1.29, 1.82) is 0 Å². The van der Waals surface area contributed by atoms with E-state index in [2.05, 4.69) is 5.32 Å². The summed E-state index contributed by atoms with van der Waals surface area (Å²) in [5, 5.41) is 12.1. The van der Waals surface area contributed by atoms with E-state index in [1.807, 2.05) is 29.2 Å². The van der Waals surface area contributed by atoms with Crippen LogP contribution in [0.1, 0.15) is 56.8 Å². The molecule has 6 nitrogen and oxygen atoms in total. The molecule has 0 spiro atoms. The molecule has 0 bridgehead atoms. The lowest BCUT2D eigenvalue weighted by Gasteiger charge is -2.17. The number of rotatable bonds is 2. The predicted molar refractivity (Wildman–Crippen MR) is 127 cm³/mol. The molecular weight excluding hydrogens is 428 g/mol. The first-order valence-electron chi connectivity index (χ1n) is 10.8. The second kappa shape index (κ2) is 11.8. The van der Waals surface area contributed by atoms with Gasteiger partial charge in [0, 0.05) is 25.6 Å². The van der Waals surface area contributed by atoms with Crippen LogP contribution in [-0.2, 0) is 30.5 Å². The van der Waals surface area contributed by atoms with E-state index in [-0.39, 0.29) is 24.1 Å². The monoisotopic (exact) mass is 458 g/mol. The highest BCUT2D eigenvalue weighted by Crippen LogP contribution is 2.18. The zero-order valence-corrected chi connectivity index (χ0v) is 19.5. The molecule has 7 heteroatoms. The molecule has 0 fully saturated rings. The van der Waals surface area contributed by atoms with Gasteiger partial charge in [-0.15, -0.1) is 12.4 Å². The van der Waals surface area contributed by atoms with Gasteiger partial charge in [0.25, 0.3) is 0 Å². The molecule has 2 aromatic rings. The van der Waals surface area contributed by atoms with Crippen LogP contribution in [0.3, 0.4) is 0 Å². The minimum absolute atomic E-state index is 0. The molecule has 4 rings (SSSR count). The van der Waals surface area contributed by atoms with Gasteiger partial charge in [0.2, 0.25) is 5.91 Å². The number of hydrogen-bond acceptors (Lipinski definition) is 4. The molecule has 2 aliphatic rings. The Labute approximate surface area is 195 Å². The SMILES string of the molecule is CC(=O)c1ccc2c(c1)CCN(C(C)=O)CC2.Cl.O=C(O)c1ccc2c(c1)CCNCC2. The molecule has 2 heterocycles. The molecule has 0 saturated carbocycles. The van der Waals surface area contributed by atoms with Crippen molar-refractivity contribution in [1.82, 2.24) is 10.2 Å². The Morgan fingerprint density at radius 1 is 0.781 bits per heavy atom. The highest BCUT2D eigenvalue weighted by molar-refractivity contribution is 5.94. The van der Waals surface area contributed by atoms with Crippen molar-refractivity contribution in [2.75, 3.05) is 26.2 Å². The molecule has 32 heavy (non-hydrogen) atoms. The lowest BCUT2D eigenvalue weighted by atomic mass is 9.99. The first kappa shape index (κ1) is 25.6. The minimum Gasteiger partial charge on any atom is -0.478 e. The van der Waals surface area contributed by atoms with E-state index < -0.39 is 5.97 Å². The van der Waals surface area contributed by atoms with Crippen molar-refractivity contribution < 1.29 is 19.5 Å². The molecule has 172 valence electrons. The number of fused-ring (bicyclic) bond motifs is 2. The largest absolute Gasteiger partial charge is 0.478 e. The van der Waals surface area contributed by atoms with E-state index >= 15 is 0 Å². The third-order valence-corrected chi connectivity index (χ3v) is 5.96. The summed E-state index contributed by atoms with van der Waals surface area (Å²) in [7, 11) is 0. The van der Waals surface area contributed by atoms with Gasteiger partial charge in [0.05, 0.1) is 5.56 Å². The number of nitrogens with zero attached hydrogens (tertiary/aromatic N) is 1. The molecule has 0 aromatic heterocycles. The molecule has 2 N–H and O–H groups in total. The van der Waals surface area contributed by atoms with Gasteiger partial charge in [-0.05, 0) is 86.1 Å². The average Bonchev–Trinajstić information content (AvgIpc) is 3.11. The van der Waals surface area contributed by atoms with Crippen LogP contribution in [0.25, 0.3) is 0 Å². The first-order valence-corrected chi connectivity index (χ1v) is 10.8. The summed E-state index contributed by atoms with van der Waals surface area (Å²) >= 11 is 0. The van der Waals surface area contributed by atoms with E-state index in [4.69, 9.17) is 5.11 Å². The Morgan fingerprint density at radius 3 is 1.88 bits per heavy atom. The topological polar surface area (TPSA) is 86.7 Å². The van der Waals surface area contributed by atoms with Gasteiger partial charge in [-0.25, -0.2) is 4.79 Å². The molecule has 1 amide bonds. The molecule has 2 aromatic carbocycles. The summed E-state index contributed by atoms with van der Waals surface area (Å²) in [4.78, 5) is 35.3. The zero-order valence-electron chi connectivity index (χ0n) is 18.6. The van der Waals surface area contributed by atoms with Gasteiger partial charge in [-0.2, -0.15) is 0 Å². The first-order chi connectivity index (χ1) is 14.8.